The molecular weight excluding hydrogens is 363 g/mol. The van der Waals surface area contributed by atoms with Crippen molar-refractivity contribution in [1.29, 1.82) is 0 Å². The molecule has 1 amide bonds. The number of halogens is 3. The fourth-order valence-corrected chi connectivity index (χ4v) is 2.37. The van der Waals surface area contributed by atoms with E-state index in [9.17, 15) is 22.8 Å². The summed E-state index contributed by atoms with van der Waals surface area (Å²) in [6.07, 6.45) is -5.52. The lowest BCUT2D eigenvalue weighted by molar-refractivity contribution is -0.188. The minimum atomic E-state index is -4.54. The highest BCUT2D eigenvalue weighted by Gasteiger charge is 2.32. The second-order valence-corrected chi connectivity index (χ2v) is 5.76. The van der Waals surface area contributed by atoms with Crippen molar-refractivity contribution in [1.82, 2.24) is 5.32 Å². The molecule has 2 aromatic carbocycles. The van der Waals surface area contributed by atoms with E-state index in [1.807, 2.05) is 0 Å². The second kappa shape index (κ2) is 9.18. The maximum Gasteiger partial charge on any atom is 0.411 e. The van der Waals surface area contributed by atoms with Gasteiger partial charge in [0.1, 0.15) is 6.61 Å². The maximum absolute atomic E-state index is 12.5. The molecule has 2 rings (SSSR count). The van der Waals surface area contributed by atoms with Crippen molar-refractivity contribution >= 4 is 11.9 Å². The zero-order valence-corrected chi connectivity index (χ0v) is 14.2. The first kappa shape index (κ1) is 20.4. The minimum Gasteiger partial charge on any atom is -0.478 e. The maximum atomic E-state index is 12.5. The van der Waals surface area contributed by atoms with Gasteiger partial charge in [-0.1, -0.05) is 42.5 Å². The standard InChI is InChI=1S/C19H18F3NO4/c20-19(21,22)12-27-16(14-4-2-1-3-5-14)17(24)23-11-10-13-6-8-15(9-7-13)18(25)26/h1-9,16H,10-12H2,(H,23,24)(H,25,26). The van der Waals surface area contributed by atoms with E-state index in [0.717, 1.165) is 5.56 Å². The third-order valence-corrected chi connectivity index (χ3v) is 3.67. The first-order chi connectivity index (χ1) is 12.8. The molecule has 0 fully saturated rings. The van der Waals surface area contributed by atoms with E-state index in [1.54, 1.807) is 30.3 Å². The molecule has 0 aromatic heterocycles. The highest BCUT2D eigenvalue weighted by atomic mass is 19.4. The number of nitrogens with one attached hydrogen (secondary N) is 1. The first-order valence-corrected chi connectivity index (χ1v) is 8.09. The zero-order valence-electron chi connectivity index (χ0n) is 14.2. The predicted octanol–water partition coefficient (Wildman–Crippen LogP) is 3.36. The van der Waals surface area contributed by atoms with Crippen LogP contribution in [-0.2, 0) is 16.0 Å². The van der Waals surface area contributed by atoms with E-state index in [4.69, 9.17) is 9.84 Å². The number of amides is 1. The molecular formula is C19H18F3NO4. The average molecular weight is 381 g/mol. The number of carbonyl (C=O) groups is 2. The average Bonchev–Trinajstić information content (AvgIpc) is 2.62. The molecule has 0 bridgehead atoms. The molecule has 0 saturated carbocycles. The van der Waals surface area contributed by atoms with Crippen LogP contribution in [0.2, 0.25) is 0 Å². The summed E-state index contributed by atoms with van der Waals surface area (Å²) < 4.78 is 42.2. The van der Waals surface area contributed by atoms with Crippen LogP contribution in [0.3, 0.4) is 0 Å². The molecule has 0 aliphatic heterocycles. The largest absolute Gasteiger partial charge is 0.478 e. The molecule has 0 heterocycles. The number of alkyl halides is 3. The van der Waals surface area contributed by atoms with Gasteiger partial charge in [0.25, 0.3) is 5.91 Å². The third-order valence-electron chi connectivity index (χ3n) is 3.67. The fourth-order valence-electron chi connectivity index (χ4n) is 2.37. The van der Waals surface area contributed by atoms with Crippen LogP contribution in [0.5, 0.6) is 0 Å². The Morgan fingerprint density at radius 1 is 1.04 bits per heavy atom. The molecule has 0 aliphatic rings. The summed E-state index contributed by atoms with van der Waals surface area (Å²) in [4.78, 5) is 23.1. The molecule has 8 heteroatoms. The van der Waals surface area contributed by atoms with Crippen molar-refractivity contribution < 1.29 is 32.6 Å². The van der Waals surface area contributed by atoms with Crippen molar-refractivity contribution in [2.24, 2.45) is 0 Å². The topological polar surface area (TPSA) is 75.6 Å². The number of aromatic carboxylic acids is 1. The SMILES string of the molecule is O=C(O)c1ccc(CCNC(=O)C(OCC(F)(F)F)c2ccccc2)cc1. The van der Waals surface area contributed by atoms with Crippen LogP contribution in [0.15, 0.2) is 54.6 Å². The first-order valence-electron chi connectivity index (χ1n) is 8.09. The van der Waals surface area contributed by atoms with Crippen LogP contribution >= 0.6 is 0 Å². The predicted molar refractivity (Wildman–Crippen MR) is 91.3 cm³/mol. The van der Waals surface area contributed by atoms with Gasteiger partial charge in [-0.25, -0.2) is 4.79 Å². The molecule has 2 N–H and O–H groups in total. The van der Waals surface area contributed by atoms with Gasteiger partial charge >= 0.3 is 12.1 Å². The summed E-state index contributed by atoms with van der Waals surface area (Å²) in [6, 6.07) is 14.1. The summed E-state index contributed by atoms with van der Waals surface area (Å²) in [7, 11) is 0. The van der Waals surface area contributed by atoms with Crippen molar-refractivity contribution in [3.05, 3.63) is 71.3 Å². The normalized spacial score (nSPS) is 12.4. The van der Waals surface area contributed by atoms with Crippen LogP contribution in [0.25, 0.3) is 0 Å². The smallest absolute Gasteiger partial charge is 0.411 e. The zero-order chi connectivity index (χ0) is 19.9. The number of carboxylic acid groups (broad SMARTS) is 1. The Hall–Kier alpha value is -2.87. The summed E-state index contributed by atoms with van der Waals surface area (Å²) in [5.74, 6) is -1.71. The molecule has 5 nitrogen and oxygen atoms in total. The molecule has 27 heavy (non-hydrogen) atoms. The van der Waals surface area contributed by atoms with Gasteiger partial charge in [-0.2, -0.15) is 13.2 Å². The highest BCUT2D eigenvalue weighted by molar-refractivity contribution is 5.87. The number of hydrogen-bond acceptors (Lipinski definition) is 3. The Bertz CT molecular complexity index is 761. The lowest BCUT2D eigenvalue weighted by atomic mass is 10.1. The number of hydrogen-bond donors (Lipinski definition) is 2. The molecule has 1 atom stereocenters. The van der Waals surface area contributed by atoms with E-state index in [2.05, 4.69) is 5.32 Å². The highest BCUT2D eigenvalue weighted by Crippen LogP contribution is 2.22. The van der Waals surface area contributed by atoms with Crippen LogP contribution in [-0.4, -0.2) is 36.3 Å². The molecule has 0 spiro atoms. The van der Waals surface area contributed by atoms with Gasteiger partial charge < -0.3 is 15.2 Å². The number of carboxylic acids is 1. The van der Waals surface area contributed by atoms with Gasteiger partial charge in [0.2, 0.25) is 0 Å². The van der Waals surface area contributed by atoms with Gasteiger partial charge in [-0.15, -0.1) is 0 Å². The van der Waals surface area contributed by atoms with Crippen LogP contribution < -0.4 is 5.32 Å². The number of rotatable bonds is 8. The Kier molecular flexibility index (Phi) is 6.95. The third kappa shape index (κ3) is 6.74. The van der Waals surface area contributed by atoms with Gasteiger partial charge in [0.15, 0.2) is 6.10 Å². The molecule has 1 unspecified atom stereocenters. The molecule has 0 radical (unpaired) electrons. The monoisotopic (exact) mass is 381 g/mol. The van der Waals surface area contributed by atoms with Gasteiger partial charge in [-0.05, 0) is 29.7 Å². The number of carbonyl (C=O) groups excluding carboxylic acids is 1. The summed E-state index contributed by atoms with van der Waals surface area (Å²) in [5, 5.41) is 11.4. The Morgan fingerprint density at radius 2 is 1.67 bits per heavy atom. The van der Waals surface area contributed by atoms with Crippen LogP contribution in [0, 0.1) is 0 Å². The molecule has 144 valence electrons. The molecule has 0 aliphatic carbocycles. The lowest BCUT2D eigenvalue weighted by Gasteiger charge is -2.19. The Labute approximate surface area is 153 Å². The number of ether oxygens (including phenoxy) is 1. The minimum absolute atomic E-state index is 0.146. The van der Waals surface area contributed by atoms with Gasteiger partial charge in [-0.3, -0.25) is 4.79 Å². The Balaban J connectivity index is 1.95. The van der Waals surface area contributed by atoms with E-state index in [-0.39, 0.29) is 12.1 Å². The van der Waals surface area contributed by atoms with Crippen LogP contribution in [0.4, 0.5) is 13.2 Å². The van der Waals surface area contributed by atoms with E-state index < -0.39 is 30.8 Å². The summed E-state index contributed by atoms with van der Waals surface area (Å²) >= 11 is 0. The Morgan fingerprint density at radius 3 is 2.22 bits per heavy atom. The van der Waals surface area contributed by atoms with Crippen molar-refractivity contribution in [3.8, 4) is 0 Å². The van der Waals surface area contributed by atoms with E-state index >= 15 is 0 Å². The van der Waals surface area contributed by atoms with Crippen molar-refractivity contribution in [2.45, 2.75) is 18.7 Å². The van der Waals surface area contributed by atoms with Crippen molar-refractivity contribution in [3.63, 3.8) is 0 Å². The fraction of sp³-hybridized carbons (Fsp3) is 0.263. The molecule has 0 saturated heterocycles. The van der Waals surface area contributed by atoms with E-state index in [1.165, 1.54) is 24.3 Å². The van der Waals surface area contributed by atoms with Gasteiger partial charge in [0.05, 0.1) is 5.56 Å². The van der Waals surface area contributed by atoms with Crippen LogP contribution in [0.1, 0.15) is 27.6 Å². The second-order valence-electron chi connectivity index (χ2n) is 5.76. The van der Waals surface area contributed by atoms with Gasteiger partial charge in [0, 0.05) is 6.54 Å². The molecule has 2 aromatic rings. The summed E-state index contributed by atoms with van der Waals surface area (Å²) in [5.41, 5.74) is 1.25. The quantitative estimate of drug-likeness (QED) is 0.735. The van der Waals surface area contributed by atoms with E-state index in [0.29, 0.717) is 12.0 Å². The lowest BCUT2D eigenvalue weighted by Crippen LogP contribution is -2.34. The number of benzene rings is 2. The summed E-state index contributed by atoms with van der Waals surface area (Å²) in [6.45, 7) is -1.36. The van der Waals surface area contributed by atoms with Crippen molar-refractivity contribution in [2.75, 3.05) is 13.2 Å².